The van der Waals surface area contributed by atoms with E-state index in [0.29, 0.717) is 24.4 Å². The van der Waals surface area contributed by atoms with E-state index in [1.807, 2.05) is 0 Å². The molecule has 0 aromatic heterocycles. The van der Waals surface area contributed by atoms with Gasteiger partial charge in [-0.1, -0.05) is 40.0 Å². The van der Waals surface area contributed by atoms with E-state index in [-0.39, 0.29) is 11.4 Å². The van der Waals surface area contributed by atoms with Gasteiger partial charge in [-0.05, 0) is 43.4 Å². The highest BCUT2D eigenvalue weighted by molar-refractivity contribution is 5.80. The fourth-order valence-electron chi connectivity index (χ4n) is 3.56. The SMILES string of the molecule is CC(C)CC1(C(=O)OCC2CCCCC2)CC1C. The molecule has 0 aromatic carbocycles. The second-order valence-corrected chi connectivity index (χ2v) is 6.96. The zero-order valence-corrected chi connectivity index (χ0v) is 12.2. The molecule has 0 aromatic rings. The van der Waals surface area contributed by atoms with Crippen molar-refractivity contribution in [2.75, 3.05) is 6.61 Å². The lowest BCUT2D eigenvalue weighted by molar-refractivity contribution is -0.153. The van der Waals surface area contributed by atoms with E-state index in [4.69, 9.17) is 4.74 Å². The molecule has 0 heterocycles. The van der Waals surface area contributed by atoms with Gasteiger partial charge < -0.3 is 4.74 Å². The van der Waals surface area contributed by atoms with Gasteiger partial charge in [0.25, 0.3) is 0 Å². The van der Waals surface area contributed by atoms with Gasteiger partial charge in [0.15, 0.2) is 0 Å². The molecule has 0 N–H and O–H groups in total. The molecule has 0 amide bonds. The third-order valence-electron chi connectivity index (χ3n) is 4.81. The summed E-state index contributed by atoms with van der Waals surface area (Å²) in [6.07, 6.45) is 8.52. The minimum atomic E-state index is -0.122. The third kappa shape index (κ3) is 3.07. The van der Waals surface area contributed by atoms with Crippen LogP contribution in [0.3, 0.4) is 0 Å². The Hall–Kier alpha value is -0.530. The molecule has 2 unspecified atom stereocenters. The molecule has 104 valence electrons. The number of rotatable bonds is 5. The van der Waals surface area contributed by atoms with Crippen LogP contribution in [0.1, 0.15) is 65.7 Å². The van der Waals surface area contributed by atoms with Crippen molar-refractivity contribution in [2.45, 2.75) is 65.7 Å². The molecule has 0 bridgehead atoms. The normalized spacial score (nSPS) is 32.6. The Kier molecular flexibility index (Phi) is 4.34. The third-order valence-corrected chi connectivity index (χ3v) is 4.81. The Bertz CT molecular complexity index is 291. The van der Waals surface area contributed by atoms with Crippen LogP contribution in [-0.4, -0.2) is 12.6 Å². The minimum absolute atomic E-state index is 0.0919. The van der Waals surface area contributed by atoms with Crippen molar-refractivity contribution in [2.24, 2.45) is 23.2 Å². The molecule has 2 fully saturated rings. The van der Waals surface area contributed by atoms with Crippen molar-refractivity contribution in [1.29, 1.82) is 0 Å². The number of ether oxygens (including phenoxy) is 1. The first-order valence-electron chi connectivity index (χ1n) is 7.72. The first kappa shape index (κ1) is 13.9. The summed E-state index contributed by atoms with van der Waals surface area (Å²) in [5, 5.41) is 0. The maximum atomic E-state index is 12.3. The van der Waals surface area contributed by atoms with Crippen molar-refractivity contribution >= 4 is 5.97 Å². The van der Waals surface area contributed by atoms with Crippen LogP contribution in [0, 0.1) is 23.2 Å². The molecular formula is C16H28O2. The number of carbonyl (C=O) groups is 1. The van der Waals surface area contributed by atoms with Gasteiger partial charge in [-0.3, -0.25) is 4.79 Å². The molecule has 0 saturated heterocycles. The summed E-state index contributed by atoms with van der Waals surface area (Å²) in [6.45, 7) is 7.25. The summed E-state index contributed by atoms with van der Waals surface area (Å²) in [7, 11) is 0. The van der Waals surface area contributed by atoms with Crippen LogP contribution in [0.5, 0.6) is 0 Å². The molecular weight excluding hydrogens is 224 g/mol. The molecule has 2 saturated carbocycles. The van der Waals surface area contributed by atoms with Gasteiger partial charge in [0.1, 0.15) is 0 Å². The Labute approximate surface area is 111 Å². The molecule has 0 spiro atoms. The fraction of sp³-hybridized carbons (Fsp3) is 0.938. The molecule has 2 rings (SSSR count). The smallest absolute Gasteiger partial charge is 0.312 e. The van der Waals surface area contributed by atoms with Gasteiger partial charge in [0.2, 0.25) is 0 Å². The zero-order valence-electron chi connectivity index (χ0n) is 12.2. The van der Waals surface area contributed by atoms with E-state index in [2.05, 4.69) is 20.8 Å². The second kappa shape index (κ2) is 5.63. The largest absolute Gasteiger partial charge is 0.465 e. The lowest BCUT2D eigenvalue weighted by atomic mass is 9.89. The predicted molar refractivity (Wildman–Crippen MR) is 73.2 cm³/mol. The van der Waals surface area contributed by atoms with Crippen molar-refractivity contribution in [3.05, 3.63) is 0 Å². The lowest BCUT2D eigenvalue weighted by Crippen LogP contribution is -2.26. The van der Waals surface area contributed by atoms with Crippen molar-refractivity contribution in [3.8, 4) is 0 Å². The Morgan fingerprint density at radius 2 is 1.89 bits per heavy atom. The van der Waals surface area contributed by atoms with Crippen LogP contribution in [0.25, 0.3) is 0 Å². The molecule has 2 nitrogen and oxygen atoms in total. The monoisotopic (exact) mass is 252 g/mol. The highest BCUT2D eigenvalue weighted by Gasteiger charge is 2.58. The quantitative estimate of drug-likeness (QED) is 0.686. The van der Waals surface area contributed by atoms with Gasteiger partial charge >= 0.3 is 5.97 Å². The standard InChI is InChI=1S/C16H28O2/c1-12(2)9-16(10-13(16)3)15(17)18-11-14-7-5-4-6-8-14/h12-14H,4-11H2,1-3H3. The van der Waals surface area contributed by atoms with Crippen LogP contribution in [0.4, 0.5) is 0 Å². The summed E-state index contributed by atoms with van der Waals surface area (Å²) in [6, 6.07) is 0. The Morgan fingerprint density at radius 1 is 1.28 bits per heavy atom. The fourth-order valence-corrected chi connectivity index (χ4v) is 3.56. The van der Waals surface area contributed by atoms with Gasteiger partial charge in [0.05, 0.1) is 12.0 Å². The highest BCUT2D eigenvalue weighted by atomic mass is 16.5. The van der Waals surface area contributed by atoms with Crippen LogP contribution < -0.4 is 0 Å². The second-order valence-electron chi connectivity index (χ2n) is 6.96. The first-order valence-corrected chi connectivity index (χ1v) is 7.72. The van der Waals surface area contributed by atoms with Crippen LogP contribution in [0.15, 0.2) is 0 Å². The summed E-state index contributed by atoms with van der Waals surface area (Å²) in [5.74, 6) is 1.83. The van der Waals surface area contributed by atoms with Crippen LogP contribution in [-0.2, 0) is 9.53 Å². The number of hydrogen-bond acceptors (Lipinski definition) is 2. The maximum absolute atomic E-state index is 12.3. The number of hydrogen-bond donors (Lipinski definition) is 0. The molecule has 2 aliphatic rings. The molecule has 18 heavy (non-hydrogen) atoms. The van der Waals surface area contributed by atoms with E-state index in [1.54, 1.807) is 0 Å². The predicted octanol–water partition coefficient (Wildman–Crippen LogP) is 4.18. The average Bonchev–Trinajstić information content (AvgIpc) is 2.98. The van der Waals surface area contributed by atoms with Crippen LogP contribution >= 0.6 is 0 Å². The molecule has 2 aliphatic carbocycles. The van der Waals surface area contributed by atoms with Gasteiger partial charge in [0, 0.05) is 0 Å². The molecule has 2 heteroatoms. The van der Waals surface area contributed by atoms with E-state index in [1.165, 1.54) is 32.1 Å². The van der Waals surface area contributed by atoms with E-state index in [0.717, 1.165) is 12.8 Å². The first-order chi connectivity index (χ1) is 8.54. The number of carbonyl (C=O) groups excluding carboxylic acids is 1. The zero-order chi connectivity index (χ0) is 13.2. The highest BCUT2D eigenvalue weighted by Crippen LogP contribution is 2.57. The average molecular weight is 252 g/mol. The van der Waals surface area contributed by atoms with Crippen LogP contribution in [0.2, 0.25) is 0 Å². The van der Waals surface area contributed by atoms with E-state index < -0.39 is 0 Å². The summed E-state index contributed by atoms with van der Waals surface area (Å²) < 4.78 is 5.64. The topological polar surface area (TPSA) is 26.3 Å². The van der Waals surface area contributed by atoms with E-state index in [9.17, 15) is 4.79 Å². The van der Waals surface area contributed by atoms with E-state index >= 15 is 0 Å². The van der Waals surface area contributed by atoms with Gasteiger partial charge in [-0.2, -0.15) is 0 Å². The summed E-state index contributed by atoms with van der Waals surface area (Å²) >= 11 is 0. The molecule has 0 aliphatic heterocycles. The molecule has 2 atom stereocenters. The minimum Gasteiger partial charge on any atom is -0.465 e. The molecule has 0 radical (unpaired) electrons. The Balaban J connectivity index is 1.79. The lowest BCUT2D eigenvalue weighted by Gasteiger charge is -2.23. The Morgan fingerprint density at radius 3 is 2.39 bits per heavy atom. The van der Waals surface area contributed by atoms with Crippen molar-refractivity contribution < 1.29 is 9.53 Å². The summed E-state index contributed by atoms with van der Waals surface area (Å²) in [4.78, 5) is 12.3. The van der Waals surface area contributed by atoms with Gasteiger partial charge in [-0.15, -0.1) is 0 Å². The maximum Gasteiger partial charge on any atom is 0.312 e. The number of esters is 1. The van der Waals surface area contributed by atoms with Gasteiger partial charge in [-0.25, -0.2) is 0 Å². The van der Waals surface area contributed by atoms with Crippen molar-refractivity contribution in [3.63, 3.8) is 0 Å². The van der Waals surface area contributed by atoms with Crippen molar-refractivity contribution in [1.82, 2.24) is 0 Å². The summed E-state index contributed by atoms with van der Waals surface area (Å²) in [5.41, 5.74) is -0.122.